The quantitative estimate of drug-likeness (QED) is 0.939. The molecule has 1 aromatic carbocycles. The largest absolute Gasteiger partial charge is 0.305 e. The lowest BCUT2D eigenvalue weighted by atomic mass is 10.1. The summed E-state index contributed by atoms with van der Waals surface area (Å²) in [5.41, 5.74) is 3.55. The Bertz CT molecular complexity index is 516. The van der Waals surface area contributed by atoms with E-state index >= 15 is 0 Å². The summed E-state index contributed by atoms with van der Waals surface area (Å²) in [7, 11) is 1.98. The topological polar surface area (TPSA) is 29.9 Å². The van der Waals surface area contributed by atoms with E-state index in [-0.39, 0.29) is 0 Å². The van der Waals surface area contributed by atoms with Crippen molar-refractivity contribution in [3.05, 3.63) is 51.8 Å². The van der Waals surface area contributed by atoms with Gasteiger partial charge < -0.3 is 5.32 Å². The number of hydrogen-bond donors (Lipinski definition) is 1. The first-order valence-electron chi connectivity index (χ1n) is 6.04. The van der Waals surface area contributed by atoms with Crippen molar-refractivity contribution in [1.29, 1.82) is 0 Å². The Labute approximate surface area is 116 Å². The van der Waals surface area contributed by atoms with Crippen molar-refractivity contribution in [2.75, 3.05) is 0 Å². The monoisotopic (exact) mass is 307 g/mol. The van der Waals surface area contributed by atoms with E-state index in [1.807, 2.05) is 18.7 Å². The molecule has 1 heterocycles. The molecule has 0 saturated carbocycles. The third kappa shape index (κ3) is 3.21. The Morgan fingerprint density at radius 2 is 2.00 bits per heavy atom. The van der Waals surface area contributed by atoms with E-state index < -0.39 is 0 Å². The summed E-state index contributed by atoms with van der Waals surface area (Å²) in [6, 6.07) is 10.9. The molecule has 0 aliphatic heterocycles. The fourth-order valence-corrected chi connectivity index (χ4v) is 2.22. The van der Waals surface area contributed by atoms with Crippen molar-refractivity contribution in [1.82, 2.24) is 15.1 Å². The van der Waals surface area contributed by atoms with E-state index in [0.29, 0.717) is 6.04 Å². The average Bonchev–Trinajstić information content (AvgIpc) is 2.66. The van der Waals surface area contributed by atoms with Gasteiger partial charge in [0.1, 0.15) is 0 Å². The number of hydrogen-bond acceptors (Lipinski definition) is 2. The molecule has 2 aromatic rings. The summed E-state index contributed by atoms with van der Waals surface area (Å²) in [6.45, 7) is 5.02. The first-order chi connectivity index (χ1) is 8.56. The third-order valence-electron chi connectivity index (χ3n) is 3.06. The highest BCUT2D eigenvalue weighted by atomic mass is 79.9. The molecular formula is C14H18BrN3. The molecule has 0 amide bonds. The van der Waals surface area contributed by atoms with Crippen molar-refractivity contribution >= 4 is 15.9 Å². The highest BCUT2D eigenvalue weighted by Gasteiger charge is 2.07. The Morgan fingerprint density at radius 1 is 1.33 bits per heavy atom. The molecule has 2 rings (SSSR count). The molecule has 0 spiro atoms. The second-order valence-electron chi connectivity index (χ2n) is 4.55. The summed E-state index contributed by atoms with van der Waals surface area (Å²) in [6.07, 6.45) is 0. The zero-order valence-corrected chi connectivity index (χ0v) is 12.5. The molecule has 0 radical (unpaired) electrons. The second kappa shape index (κ2) is 5.67. The van der Waals surface area contributed by atoms with Crippen molar-refractivity contribution in [3.63, 3.8) is 0 Å². The minimum Gasteiger partial charge on any atom is -0.305 e. The standard InChI is InChI=1S/C14H18BrN3/c1-10-8-14(18(3)17-10)9-16-11(2)12-4-6-13(15)7-5-12/h4-8,11,16H,9H2,1-3H3/t11-/m0/s1. The maximum absolute atomic E-state index is 4.34. The lowest BCUT2D eigenvalue weighted by molar-refractivity contribution is 0.548. The van der Waals surface area contributed by atoms with Crippen LogP contribution >= 0.6 is 15.9 Å². The molecule has 3 nitrogen and oxygen atoms in total. The smallest absolute Gasteiger partial charge is 0.0597 e. The zero-order valence-electron chi connectivity index (χ0n) is 10.9. The minimum absolute atomic E-state index is 0.327. The first-order valence-corrected chi connectivity index (χ1v) is 6.84. The van der Waals surface area contributed by atoms with Crippen molar-refractivity contribution in [2.24, 2.45) is 7.05 Å². The number of nitrogens with one attached hydrogen (secondary N) is 1. The Kier molecular flexibility index (Phi) is 4.19. The fourth-order valence-electron chi connectivity index (χ4n) is 1.96. The van der Waals surface area contributed by atoms with Crippen LogP contribution in [-0.2, 0) is 13.6 Å². The molecule has 1 atom stereocenters. The molecule has 1 N–H and O–H groups in total. The van der Waals surface area contributed by atoms with Crippen LogP contribution in [0.2, 0.25) is 0 Å². The van der Waals surface area contributed by atoms with Crippen LogP contribution in [0, 0.1) is 6.92 Å². The molecule has 0 unspecified atom stereocenters. The van der Waals surface area contributed by atoms with Gasteiger partial charge in [0.25, 0.3) is 0 Å². The lowest BCUT2D eigenvalue weighted by Gasteiger charge is -2.14. The van der Waals surface area contributed by atoms with Gasteiger partial charge in [0.05, 0.1) is 11.4 Å². The van der Waals surface area contributed by atoms with Crippen LogP contribution in [0.1, 0.15) is 29.9 Å². The van der Waals surface area contributed by atoms with E-state index in [4.69, 9.17) is 0 Å². The summed E-state index contributed by atoms with van der Waals surface area (Å²) in [4.78, 5) is 0. The normalized spacial score (nSPS) is 12.7. The molecular weight excluding hydrogens is 290 g/mol. The van der Waals surface area contributed by atoms with Gasteiger partial charge in [-0.3, -0.25) is 4.68 Å². The summed E-state index contributed by atoms with van der Waals surface area (Å²) >= 11 is 3.45. The van der Waals surface area contributed by atoms with Crippen LogP contribution in [0.4, 0.5) is 0 Å². The van der Waals surface area contributed by atoms with Crippen LogP contribution in [0.15, 0.2) is 34.8 Å². The zero-order chi connectivity index (χ0) is 13.1. The van der Waals surface area contributed by atoms with E-state index in [2.05, 4.69) is 63.6 Å². The van der Waals surface area contributed by atoms with E-state index in [9.17, 15) is 0 Å². The van der Waals surface area contributed by atoms with Crippen LogP contribution in [0.25, 0.3) is 0 Å². The van der Waals surface area contributed by atoms with Gasteiger partial charge in [-0.25, -0.2) is 0 Å². The summed E-state index contributed by atoms with van der Waals surface area (Å²) < 4.78 is 3.04. The van der Waals surface area contributed by atoms with Gasteiger partial charge in [0.2, 0.25) is 0 Å². The van der Waals surface area contributed by atoms with E-state index in [1.165, 1.54) is 11.3 Å². The maximum Gasteiger partial charge on any atom is 0.0597 e. The third-order valence-corrected chi connectivity index (χ3v) is 3.59. The summed E-state index contributed by atoms with van der Waals surface area (Å²) in [5, 5.41) is 7.86. The Morgan fingerprint density at radius 3 is 2.56 bits per heavy atom. The molecule has 4 heteroatoms. The number of rotatable bonds is 4. The second-order valence-corrected chi connectivity index (χ2v) is 5.47. The number of aryl methyl sites for hydroxylation is 2. The van der Waals surface area contributed by atoms with Crippen LogP contribution in [-0.4, -0.2) is 9.78 Å². The van der Waals surface area contributed by atoms with Gasteiger partial charge in [-0.05, 0) is 37.6 Å². The highest BCUT2D eigenvalue weighted by Crippen LogP contribution is 2.17. The van der Waals surface area contributed by atoms with Crippen LogP contribution in [0.5, 0.6) is 0 Å². The van der Waals surface area contributed by atoms with Gasteiger partial charge in [-0.15, -0.1) is 0 Å². The highest BCUT2D eigenvalue weighted by molar-refractivity contribution is 9.10. The van der Waals surface area contributed by atoms with Gasteiger partial charge in [-0.2, -0.15) is 5.10 Å². The number of halogens is 1. The first kappa shape index (κ1) is 13.3. The molecule has 0 aliphatic rings. The molecule has 0 bridgehead atoms. The van der Waals surface area contributed by atoms with Crippen molar-refractivity contribution in [2.45, 2.75) is 26.4 Å². The van der Waals surface area contributed by atoms with Crippen molar-refractivity contribution < 1.29 is 0 Å². The average molecular weight is 308 g/mol. The van der Waals surface area contributed by atoms with Gasteiger partial charge in [0.15, 0.2) is 0 Å². The lowest BCUT2D eigenvalue weighted by Crippen LogP contribution is -2.19. The SMILES string of the molecule is Cc1cc(CN[C@@H](C)c2ccc(Br)cc2)n(C)n1. The molecule has 18 heavy (non-hydrogen) atoms. The molecule has 1 aromatic heterocycles. The molecule has 0 fully saturated rings. The molecule has 0 saturated heterocycles. The van der Waals surface area contributed by atoms with E-state index in [1.54, 1.807) is 0 Å². The number of benzene rings is 1. The summed E-state index contributed by atoms with van der Waals surface area (Å²) in [5.74, 6) is 0. The van der Waals surface area contributed by atoms with Crippen molar-refractivity contribution in [3.8, 4) is 0 Å². The maximum atomic E-state index is 4.34. The molecule has 0 aliphatic carbocycles. The predicted molar refractivity (Wildman–Crippen MR) is 77.3 cm³/mol. The fraction of sp³-hybridized carbons (Fsp3) is 0.357. The predicted octanol–water partition coefficient (Wildman–Crippen LogP) is 3.34. The number of nitrogens with zero attached hydrogens (tertiary/aromatic N) is 2. The van der Waals surface area contributed by atoms with Crippen LogP contribution in [0.3, 0.4) is 0 Å². The minimum atomic E-state index is 0.327. The van der Waals surface area contributed by atoms with Crippen LogP contribution < -0.4 is 5.32 Å². The van der Waals surface area contributed by atoms with Gasteiger partial charge in [0, 0.05) is 24.1 Å². The Balaban J connectivity index is 1.98. The molecule has 96 valence electrons. The van der Waals surface area contributed by atoms with Gasteiger partial charge >= 0.3 is 0 Å². The number of aromatic nitrogens is 2. The Hall–Kier alpha value is -1.13. The van der Waals surface area contributed by atoms with Gasteiger partial charge in [-0.1, -0.05) is 28.1 Å². The van der Waals surface area contributed by atoms with E-state index in [0.717, 1.165) is 16.7 Å².